The summed E-state index contributed by atoms with van der Waals surface area (Å²) in [5.74, 6) is 5.87. The van der Waals surface area contributed by atoms with Gasteiger partial charge in [0.05, 0.1) is 12.3 Å². The molecule has 0 bridgehead atoms. The van der Waals surface area contributed by atoms with Crippen LogP contribution < -0.4 is 10.9 Å². The number of hydrogen-bond donors (Lipinski definition) is 1. The number of hydrazine groups is 1. The molecular formula is C13H20N2O. The molecule has 1 heterocycles. The van der Waals surface area contributed by atoms with Crippen molar-refractivity contribution in [2.45, 2.75) is 25.7 Å². The van der Waals surface area contributed by atoms with Crippen LogP contribution in [-0.2, 0) is 16.6 Å². The van der Waals surface area contributed by atoms with Crippen molar-refractivity contribution in [1.82, 2.24) is 0 Å². The van der Waals surface area contributed by atoms with Crippen molar-refractivity contribution < 1.29 is 4.74 Å². The second kappa shape index (κ2) is 4.07. The molecule has 0 atom stereocenters. The van der Waals surface area contributed by atoms with Gasteiger partial charge in [-0.15, -0.1) is 0 Å². The van der Waals surface area contributed by atoms with Crippen LogP contribution in [-0.4, -0.2) is 20.3 Å². The molecule has 0 amide bonds. The van der Waals surface area contributed by atoms with Gasteiger partial charge >= 0.3 is 0 Å². The molecule has 2 N–H and O–H groups in total. The predicted octanol–water partition coefficient (Wildman–Crippen LogP) is 1.85. The molecule has 0 fully saturated rings. The van der Waals surface area contributed by atoms with Crippen LogP contribution in [0.4, 0.5) is 5.69 Å². The Kier molecular flexibility index (Phi) is 2.91. The summed E-state index contributed by atoms with van der Waals surface area (Å²) in [6.45, 7) is 6.06. The zero-order valence-electron chi connectivity index (χ0n) is 10.3. The normalized spacial score (nSPS) is 15.4. The van der Waals surface area contributed by atoms with Crippen LogP contribution in [0.3, 0.4) is 0 Å². The molecule has 1 aromatic rings. The predicted molar refractivity (Wildman–Crippen MR) is 66.6 cm³/mol. The highest BCUT2D eigenvalue weighted by molar-refractivity contribution is 5.58. The molecular weight excluding hydrogens is 200 g/mol. The van der Waals surface area contributed by atoms with Crippen molar-refractivity contribution in [3.63, 3.8) is 0 Å². The van der Waals surface area contributed by atoms with Gasteiger partial charge in [-0.25, -0.2) is 5.84 Å². The molecule has 0 aliphatic carbocycles. The minimum atomic E-state index is 0.0613. The third-order valence-corrected chi connectivity index (χ3v) is 3.30. The molecule has 0 spiro atoms. The van der Waals surface area contributed by atoms with E-state index in [2.05, 4.69) is 32.0 Å². The summed E-state index contributed by atoms with van der Waals surface area (Å²) >= 11 is 0. The summed E-state index contributed by atoms with van der Waals surface area (Å²) in [4.78, 5) is 0. The molecule has 0 aromatic heterocycles. The summed E-state index contributed by atoms with van der Waals surface area (Å²) < 4.78 is 5.27. The van der Waals surface area contributed by atoms with Crippen LogP contribution in [0.15, 0.2) is 18.2 Å². The van der Waals surface area contributed by atoms with Gasteiger partial charge in [-0.3, -0.25) is 0 Å². The van der Waals surface area contributed by atoms with Gasteiger partial charge in [-0.2, -0.15) is 0 Å². The summed E-state index contributed by atoms with van der Waals surface area (Å²) in [6, 6.07) is 6.54. The quantitative estimate of drug-likeness (QED) is 0.790. The second-order valence-electron chi connectivity index (χ2n) is 5.10. The summed E-state index contributed by atoms with van der Waals surface area (Å²) in [5, 5.41) is 1.82. The van der Waals surface area contributed by atoms with Crippen molar-refractivity contribution >= 4 is 5.69 Å². The van der Waals surface area contributed by atoms with Crippen molar-refractivity contribution in [3.8, 4) is 0 Å². The minimum Gasteiger partial charge on any atom is -0.384 e. The van der Waals surface area contributed by atoms with Crippen LogP contribution in [0.5, 0.6) is 0 Å². The number of nitrogens with zero attached hydrogens (tertiary/aromatic N) is 1. The molecule has 0 unspecified atom stereocenters. The van der Waals surface area contributed by atoms with Gasteiger partial charge in [0.1, 0.15) is 0 Å². The maximum absolute atomic E-state index is 5.87. The second-order valence-corrected chi connectivity index (χ2v) is 5.10. The maximum atomic E-state index is 5.87. The van der Waals surface area contributed by atoms with Gasteiger partial charge in [0.25, 0.3) is 0 Å². The van der Waals surface area contributed by atoms with Gasteiger partial charge in [0.2, 0.25) is 0 Å². The fourth-order valence-electron chi connectivity index (χ4n) is 2.29. The molecule has 88 valence electrons. The number of fused-ring (bicyclic) bond motifs is 1. The number of ether oxygens (including phenoxy) is 1. The maximum Gasteiger partial charge on any atom is 0.0553 e. The molecule has 1 aliphatic rings. The highest BCUT2D eigenvalue weighted by Gasteiger charge is 2.24. The Labute approximate surface area is 97.2 Å². The van der Waals surface area contributed by atoms with E-state index in [9.17, 15) is 0 Å². The third kappa shape index (κ3) is 1.93. The van der Waals surface area contributed by atoms with Gasteiger partial charge < -0.3 is 9.75 Å². The fraction of sp³-hybridized carbons (Fsp3) is 0.538. The van der Waals surface area contributed by atoms with E-state index in [1.54, 1.807) is 7.11 Å². The topological polar surface area (TPSA) is 38.5 Å². The molecule has 2 rings (SSSR count). The molecule has 3 nitrogen and oxygen atoms in total. The van der Waals surface area contributed by atoms with E-state index in [-0.39, 0.29) is 5.41 Å². The summed E-state index contributed by atoms with van der Waals surface area (Å²) in [6.07, 6.45) is 1.04. The number of hydrogen-bond acceptors (Lipinski definition) is 3. The standard InChI is InChI=1S/C13H20N2O/c1-13(2,9-16-3)11-4-5-12-10(8-11)6-7-15(12)14/h4-5,8H,6-7,9,14H2,1-3H3. The average molecular weight is 220 g/mol. The Balaban J connectivity index is 2.32. The SMILES string of the molecule is COCC(C)(C)c1ccc2c(c1)CCN2N. The van der Waals surface area contributed by atoms with E-state index in [1.807, 2.05) is 5.01 Å². The van der Waals surface area contributed by atoms with Crippen molar-refractivity contribution in [3.05, 3.63) is 29.3 Å². The lowest BCUT2D eigenvalue weighted by atomic mass is 9.84. The first kappa shape index (κ1) is 11.4. The lowest BCUT2D eigenvalue weighted by Crippen LogP contribution is -2.28. The van der Waals surface area contributed by atoms with E-state index in [0.717, 1.165) is 25.3 Å². The molecule has 3 heteroatoms. The smallest absolute Gasteiger partial charge is 0.0553 e. The number of rotatable bonds is 3. The van der Waals surface area contributed by atoms with E-state index < -0.39 is 0 Å². The molecule has 16 heavy (non-hydrogen) atoms. The van der Waals surface area contributed by atoms with Crippen LogP contribution in [0, 0.1) is 0 Å². The number of anilines is 1. The Morgan fingerprint density at radius 1 is 1.44 bits per heavy atom. The summed E-state index contributed by atoms with van der Waals surface area (Å²) in [7, 11) is 1.75. The molecule has 0 saturated heterocycles. The fourth-order valence-corrected chi connectivity index (χ4v) is 2.29. The molecule has 0 saturated carbocycles. The Bertz CT molecular complexity index is 388. The van der Waals surface area contributed by atoms with E-state index in [0.29, 0.717) is 0 Å². The largest absolute Gasteiger partial charge is 0.384 e. The van der Waals surface area contributed by atoms with E-state index >= 15 is 0 Å². The van der Waals surface area contributed by atoms with Crippen LogP contribution in [0.25, 0.3) is 0 Å². The molecule has 1 aliphatic heterocycles. The molecule has 1 aromatic carbocycles. The highest BCUT2D eigenvalue weighted by Crippen LogP contribution is 2.31. The van der Waals surface area contributed by atoms with Crippen LogP contribution >= 0.6 is 0 Å². The number of benzene rings is 1. The lowest BCUT2D eigenvalue weighted by molar-refractivity contribution is 0.146. The number of methoxy groups -OCH3 is 1. The van der Waals surface area contributed by atoms with Gasteiger partial charge in [-0.1, -0.05) is 26.0 Å². The highest BCUT2D eigenvalue weighted by atomic mass is 16.5. The Morgan fingerprint density at radius 2 is 2.19 bits per heavy atom. The van der Waals surface area contributed by atoms with Crippen molar-refractivity contribution in [1.29, 1.82) is 0 Å². The average Bonchev–Trinajstić information content (AvgIpc) is 2.60. The summed E-state index contributed by atoms with van der Waals surface area (Å²) in [5.41, 5.74) is 3.90. The first-order valence-corrected chi connectivity index (χ1v) is 5.69. The van der Waals surface area contributed by atoms with Gasteiger partial charge in [0, 0.05) is 19.1 Å². The van der Waals surface area contributed by atoms with Gasteiger partial charge in [0.15, 0.2) is 0 Å². The monoisotopic (exact) mass is 220 g/mol. The first-order chi connectivity index (χ1) is 7.54. The van der Waals surface area contributed by atoms with E-state index in [4.69, 9.17) is 10.6 Å². The number of nitrogens with two attached hydrogens (primary N) is 1. The third-order valence-electron chi connectivity index (χ3n) is 3.30. The zero-order valence-corrected chi connectivity index (χ0v) is 10.3. The van der Waals surface area contributed by atoms with Crippen LogP contribution in [0.1, 0.15) is 25.0 Å². The van der Waals surface area contributed by atoms with Crippen molar-refractivity contribution in [2.75, 3.05) is 25.3 Å². The minimum absolute atomic E-state index is 0.0613. The Hall–Kier alpha value is -1.06. The first-order valence-electron chi connectivity index (χ1n) is 5.69. The lowest BCUT2D eigenvalue weighted by Gasteiger charge is -2.25. The Morgan fingerprint density at radius 3 is 2.88 bits per heavy atom. The van der Waals surface area contributed by atoms with E-state index in [1.165, 1.54) is 11.1 Å². The van der Waals surface area contributed by atoms with Crippen molar-refractivity contribution in [2.24, 2.45) is 5.84 Å². The molecule has 0 radical (unpaired) electrons. The zero-order chi connectivity index (χ0) is 11.8. The van der Waals surface area contributed by atoms with Crippen LogP contribution in [0.2, 0.25) is 0 Å². The van der Waals surface area contributed by atoms with Gasteiger partial charge in [-0.05, 0) is 23.6 Å².